The monoisotopic (exact) mass is 178 g/mol. The molecule has 0 atom stereocenters. The van der Waals surface area contributed by atoms with E-state index in [4.69, 9.17) is 0 Å². The number of rotatable bonds is 1. The Morgan fingerprint density at radius 2 is 2.23 bits per heavy atom. The standard InChI is InChI=1S/C10H11FN2/c1-3-9-7-4-5-8(11)6(2)10(7)13-12-9/h4-5H,3H2,1-2H3,(H,12,13). The highest BCUT2D eigenvalue weighted by Crippen LogP contribution is 2.21. The maximum Gasteiger partial charge on any atom is 0.128 e. The summed E-state index contributed by atoms with van der Waals surface area (Å²) in [7, 11) is 0. The van der Waals surface area contributed by atoms with Crippen LogP contribution in [0.2, 0.25) is 0 Å². The first-order valence-electron chi connectivity index (χ1n) is 4.36. The van der Waals surface area contributed by atoms with E-state index in [0.717, 1.165) is 23.0 Å². The second-order valence-corrected chi connectivity index (χ2v) is 3.12. The zero-order chi connectivity index (χ0) is 9.42. The molecule has 0 radical (unpaired) electrons. The Hall–Kier alpha value is -1.38. The average molecular weight is 178 g/mol. The van der Waals surface area contributed by atoms with Gasteiger partial charge in [0.1, 0.15) is 5.82 Å². The highest BCUT2D eigenvalue weighted by atomic mass is 19.1. The van der Waals surface area contributed by atoms with Crippen LogP contribution in [-0.2, 0) is 6.42 Å². The summed E-state index contributed by atoms with van der Waals surface area (Å²) < 4.78 is 13.1. The van der Waals surface area contributed by atoms with E-state index in [2.05, 4.69) is 10.2 Å². The van der Waals surface area contributed by atoms with Crippen LogP contribution in [0.4, 0.5) is 4.39 Å². The van der Waals surface area contributed by atoms with Gasteiger partial charge in [0.15, 0.2) is 0 Å². The van der Waals surface area contributed by atoms with Gasteiger partial charge in [0.25, 0.3) is 0 Å². The summed E-state index contributed by atoms with van der Waals surface area (Å²) in [6.45, 7) is 3.80. The molecule has 1 N–H and O–H groups in total. The molecule has 1 aromatic heterocycles. The lowest BCUT2D eigenvalue weighted by molar-refractivity contribution is 0.620. The molecular weight excluding hydrogens is 167 g/mol. The van der Waals surface area contributed by atoms with Crippen molar-refractivity contribution in [1.29, 1.82) is 0 Å². The fraction of sp³-hybridized carbons (Fsp3) is 0.300. The van der Waals surface area contributed by atoms with E-state index in [0.29, 0.717) is 5.56 Å². The third-order valence-electron chi connectivity index (χ3n) is 2.35. The normalized spacial score (nSPS) is 11.0. The van der Waals surface area contributed by atoms with Gasteiger partial charge in [0, 0.05) is 16.6 Å². The van der Waals surface area contributed by atoms with Gasteiger partial charge in [-0.3, -0.25) is 5.10 Å². The van der Waals surface area contributed by atoms with E-state index in [-0.39, 0.29) is 5.82 Å². The number of nitrogens with one attached hydrogen (secondary N) is 1. The highest BCUT2D eigenvalue weighted by Gasteiger charge is 2.08. The van der Waals surface area contributed by atoms with Crippen LogP contribution < -0.4 is 0 Å². The SMILES string of the molecule is CCc1[nH]nc2c(C)c(F)ccc12. The number of nitrogens with zero attached hydrogens (tertiary/aromatic N) is 1. The molecule has 0 aliphatic carbocycles. The number of fused-ring (bicyclic) bond motifs is 1. The second-order valence-electron chi connectivity index (χ2n) is 3.12. The lowest BCUT2D eigenvalue weighted by Crippen LogP contribution is -1.83. The van der Waals surface area contributed by atoms with Crippen molar-refractivity contribution in [2.75, 3.05) is 0 Å². The minimum atomic E-state index is -0.193. The van der Waals surface area contributed by atoms with E-state index >= 15 is 0 Å². The molecule has 3 heteroatoms. The van der Waals surface area contributed by atoms with Gasteiger partial charge < -0.3 is 0 Å². The van der Waals surface area contributed by atoms with Gasteiger partial charge in [-0.15, -0.1) is 0 Å². The summed E-state index contributed by atoms with van der Waals surface area (Å²) in [6.07, 6.45) is 0.890. The fourth-order valence-electron chi connectivity index (χ4n) is 1.52. The van der Waals surface area contributed by atoms with Gasteiger partial charge in [-0.1, -0.05) is 6.92 Å². The molecule has 1 aromatic carbocycles. The molecule has 13 heavy (non-hydrogen) atoms. The molecule has 2 rings (SSSR count). The molecule has 0 saturated heterocycles. The molecule has 68 valence electrons. The lowest BCUT2D eigenvalue weighted by atomic mass is 10.1. The van der Waals surface area contributed by atoms with Crippen molar-refractivity contribution in [2.24, 2.45) is 0 Å². The fourth-order valence-corrected chi connectivity index (χ4v) is 1.52. The van der Waals surface area contributed by atoms with Gasteiger partial charge in [0.2, 0.25) is 0 Å². The first kappa shape index (κ1) is 8.23. The van der Waals surface area contributed by atoms with Crippen LogP contribution in [-0.4, -0.2) is 10.2 Å². The van der Waals surface area contributed by atoms with E-state index in [1.807, 2.05) is 6.92 Å². The Bertz CT molecular complexity index is 445. The van der Waals surface area contributed by atoms with Crippen molar-refractivity contribution in [3.05, 3.63) is 29.2 Å². The molecule has 0 fully saturated rings. The minimum absolute atomic E-state index is 0.193. The Morgan fingerprint density at radius 1 is 1.46 bits per heavy atom. The molecule has 0 bridgehead atoms. The Kier molecular flexibility index (Phi) is 1.79. The molecule has 0 aliphatic rings. The molecule has 2 nitrogen and oxygen atoms in total. The summed E-state index contributed by atoms with van der Waals surface area (Å²) in [5.41, 5.74) is 2.43. The van der Waals surface area contributed by atoms with Crippen LogP contribution in [0.5, 0.6) is 0 Å². The Balaban J connectivity index is 2.81. The largest absolute Gasteiger partial charge is 0.281 e. The van der Waals surface area contributed by atoms with Crippen LogP contribution in [0.25, 0.3) is 10.9 Å². The zero-order valence-electron chi connectivity index (χ0n) is 7.69. The summed E-state index contributed by atoms with van der Waals surface area (Å²) in [6, 6.07) is 3.27. The minimum Gasteiger partial charge on any atom is -0.281 e. The molecule has 0 saturated carbocycles. The number of H-pyrrole nitrogens is 1. The van der Waals surface area contributed by atoms with Crippen LogP contribution in [0.1, 0.15) is 18.2 Å². The highest BCUT2D eigenvalue weighted by molar-refractivity contribution is 5.84. The van der Waals surface area contributed by atoms with Gasteiger partial charge in [-0.05, 0) is 25.5 Å². The number of hydrogen-bond donors (Lipinski definition) is 1. The average Bonchev–Trinajstić information content (AvgIpc) is 2.55. The number of hydrogen-bond acceptors (Lipinski definition) is 1. The zero-order valence-corrected chi connectivity index (χ0v) is 7.69. The Morgan fingerprint density at radius 3 is 2.92 bits per heavy atom. The smallest absolute Gasteiger partial charge is 0.128 e. The summed E-state index contributed by atoms with van der Waals surface area (Å²) in [5.74, 6) is -0.193. The van der Waals surface area contributed by atoms with E-state index in [1.165, 1.54) is 6.07 Å². The van der Waals surface area contributed by atoms with Crippen molar-refractivity contribution in [2.45, 2.75) is 20.3 Å². The predicted octanol–water partition coefficient (Wildman–Crippen LogP) is 2.57. The third kappa shape index (κ3) is 1.11. The third-order valence-corrected chi connectivity index (χ3v) is 2.35. The summed E-state index contributed by atoms with van der Waals surface area (Å²) in [4.78, 5) is 0. The van der Waals surface area contributed by atoms with E-state index in [9.17, 15) is 4.39 Å². The topological polar surface area (TPSA) is 28.7 Å². The van der Waals surface area contributed by atoms with Crippen LogP contribution in [0, 0.1) is 12.7 Å². The van der Waals surface area contributed by atoms with E-state index < -0.39 is 0 Å². The Labute approximate surface area is 75.8 Å². The molecule has 1 heterocycles. The number of halogens is 1. The number of aromatic amines is 1. The van der Waals surface area contributed by atoms with Crippen LogP contribution in [0.15, 0.2) is 12.1 Å². The number of aryl methyl sites for hydroxylation is 2. The number of benzene rings is 1. The second kappa shape index (κ2) is 2.83. The van der Waals surface area contributed by atoms with Gasteiger partial charge in [-0.25, -0.2) is 4.39 Å². The summed E-state index contributed by atoms with van der Waals surface area (Å²) >= 11 is 0. The maximum absolute atomic E-state index is 13.1. The van der Waals surface area contributed by atoms with Crippen molar-refractivity contribution in [1.82, 2.24) is 10.2 Å². The maximum atomic E-state index is 13.1. The van der Waals surface area contributed by atoms with E-state index in [1.54, 1.807) is 13.0 Å². The lowest BCUT2D eigenvalue weighted by Gasteiger charge is -1.96. The molecule has 0 amide bonds. The van der Waals surface area contributed by atoms with Crippen LogP contribution in [0.3, 0.4) is 0 Å². The van der Waals surface area contributed by atoms with Crippen molar-refractivity contribution in [3.8, 4) is 0 Å². The first-order chi connectivity index (χ1) is 6.24. The molecule has 0 unspecified atom stereocenters. The van der Waals surface area contributed by atoms with Crippen molar-refractivity contribution >= 4 is 10.9 Å². The van der Waals surface area contributed by atoms with Gasteiger partial charge in [0.05, 0.1) is 5.52 Å². The first-order valence-corrected chi connectivity index (χ1v) is 4.36. The number of aromatic nitrogens is 2. The van der Waals surface area contributed by atoms with Gasteiger partial charge in [-0.2, -0.15) is 5.10 Å². The molecule has 0 spiro atoms. The van der Waals surface area contributed by atoms with Crippen molar-refractivity contribution in [3.63, 3.8) is 0 Å². The van der Waals surface area contributed by atoms with Crippen molar-refractivity contribution < 1.29 is 4.39 Å². The molecule has 0 aliphatic heterocycles. The predicted molar refractivity (Wildman–Crippen MR) is 50.2 cm³/mol. The van der Waals surface area contributed by atoms with Crippen LogP contribution >= 0.6 is 0 Å². The summed E-state index contributed by atoms with van der Waals surface area (Å²) in [5, 5.41) is 8.03. The quantitative estimate of drug-likeness (QED) is 0.714. The molecular formula is C10H11FN2. The van der Waals surface area contributed by atoms with Gasteiger partial charge >= 0.3 is 0 Å². The molecule has 2 aromatic rings.